The van der Waals surface area contributed by atoms with Crippen LogP contribution in [-0.4, -0.2) is 21.9 Å². The molecule has 5 rings (SSSR count). The Morgan fingerprint density at radius 1 is 1.00 bits per heavy atom. The van der Waals surface area contributed by atoms with Crippen LogP contribution in [0.5, 0.6) is 0 Å². The molecule has 1 unspecified atom stereocenters. The highest BCUT2D eigenvalue weighted by molar-refractivity contribution is 7.98. The number of fused-ring (bicyclic) bond motifs is 1. The van der Waals surface area contributed by atoms with Gasteiger partial charge in [0.25, 0.3) is 0 Å². The molecule has 1 N–H and O–H groups in total. The number of nitrogens with one attached hydrogen (secondary N) is 1. The zero-order chi connectivity index (χ0) is 21.4. The van der Waals surface area contributed by atoms with Gasteiger partial charge in [-0.05, 0) is 48.2 Å². The lowest BCUT2D eigenvalue weighted by Gasteiger charge is -2.25. The first-order valence-corrected chi connectivity index (χ1v) is 11.6. The zero-order valence-electron chi connectivity index (χ0n) is 16.9. The van der Waals surface area contributed by atoms with Crippen LogP contribution in [0.3, 0.4) is 0 Å². The molecule has 3 aromatic carbocycles. The van der Waals surface area contributed by atoms with Crippen molar-refractivity contribution in [2.24, 2.45) is 0 Å². The fraction of sp³-hybridized carbons (Fsp3) is 0.120. The molecule has 0 fully saturated rings. The predicted octanol–water partition coefficient (Wildman–Crippen LogP) is 6.39. The van der Waals surface area contributed by atoms with Crippen molar-refractivity contribution in [3.8, 4) is 16.9 Å². The monoisotopic (exact) mass is 445 g/mol. The zero-order valence-corrected chi connectivity index (χ0v) is 18.5. The Bertz CT molecular complexity index is 1230. The number of hydrogen-bond donors (Lipinski definition) is 1. The maximum atomic E-state index is 12.7. The third-order valence-corrected chi connectivity index (χ3v) is 6.55. The normalized spacial score (nSPS) is 15.4. The second-order valence-electron chi connectivity index (χ2n) is 7.44. The average molecular weight is 446 g/mol. The van der Waals surface area contributed by atoms with Crippen LogP contribution in [0.1, 0.15) is 23.5 Å². The van der Waals surface area contributed by atoms with Gasteiger partial charge < -0.3 is 5.32 Å². The second-order valence-corrected chi connectivity index (χ2v) is 8.76. The van der Waals surface area contributed by atoms with Crippen molar-refractivity contribution in [3.05, 3.63) is 95.0 Å². The maximum Gasteiger partial charge on any atom is 0.226 e. The molecule has 0 saturated carbocycles. The first kappa shape index (κ1) is 19.9. The minimum absolute atomic E-state index is 0.00817. The molecule has 31 heavy (non-hydrogen) atoms. The molecule has 1 aromatic heterocycles. The molecular weight excluding hydrogens is 426 g/mol. The van der Waals surface area contributed by atoms with Gasteiger partial charge in [0.1, 0.15) is 5.82 Å². The topological polar surface area (TPSA) is 46.9 Å². The summed E-state index contributed by atoms with van der Waals surface area (Å²) in [6.45, 7) is 0. The first-order valence-electron chi connectivity index (χ1n) is 10.0. The fourth-order valence-electron chi connectivity index (χ4n) is 4.05. The molecule has 1 aliphatic heterocycles. The quantitative estimate of drug-likeness (QED) is 0.370. The average Bonchev–Trinajstić information content (AvgIpc) is 3.19. The van der Waals surface area contributed by atoms with E-state index in [4.69, 9.17) is 16.7 Å². The molecule has 2 heterocycles. The van der Waals surface area contributed by atoms with Crippen LogP contribution < -0.4 is 5.32 Å². The van der Waals surface area contributed by atoms with Crippen LogP contribution in [-0.2, 0) is 4.79 Å². The van der Waals surface area contributed by atoms with Crippen LogP contribution >= 0.6 is 23.4 Å². The highest BCUT2D eigenvalue weighted by atomic mass is 35.5. The third-order valence-electron chi connectivity index (χ3n) is 5.55. The van der Waals surface area contributed by atoms with Crippen molar-refractivity contribution in [2.75, 3.05) is 11.6 Å². The first-order chi connectivity index (χ1) is 15.1. The Morgan fingerprint density at radius 3 is 2.39 bits per heavy atom. The summed E-state index contributed by atoms with van der Waals surface area (Å²) in [7, 11) is 0. The number of hydrogen-bond acceptors (Lipinski definition) is 3. The van der Waals surface area contributed by atoms with E-state index >= 15 is 0 Å². The number of benzene rings is 3. The van der Waals surface area contributed by atoms with Crippen LogP contribution in [0.25, 0.3) is 16.9 Å². The number of para-hydroxylation sites is 1. The summed E-state index contributed by atoms with van der Waals surface area (Å²) in [6.07, 6.45) is 2.44. The van der Waals surface area contributed by atoms with Gasteiger partial charge in [0, 0.05) is 33.4 Å². The number of aromatic nitrogens is 2. The smallest absolute Gasteiger partial charge is 0.226 e. The Kier molecular flexibility index (Phi) is 5.30. The lowest BCUT2D eigenvalue weighted by Crippen LogP contribution is -2.24. The van der Waals surface area contributed by atoms with E-state index in [-0.39, 0.29) is 11.8 Å². The van der Waals surface area contributed by atoms with E-state index in [9.17, 15) is 4.79 Å². The van der Waals surface area contributed by atoms with Crippen LogP contribution in [0.15, 0.2) is 83.8 Å². The van der Waals surface area contributed by atoms with Crippen molar-refractivity contribution in [2.45, 2.75) is 17.2 Å². The number of carbonyl (C=O) groups is 1. The van der Waals surface area contributed by atoms with E-state index in [1.165, 1.54) is 4.90 Å². The van der Waals surface area contributed by atoms with Gasteiger partial charge in [-0.1, -0.05) is 54.1 Å². The molecule has 0 spiro atoms. The van der Waals surface area contributed by atoms with Crippen molar-refractivity contribution in [1.29, 1.82) is 0 Å². The number of rotatable bonds is 4. The Labute approximate surface area is 190 Å². The molecule has 0 radical (unpaired) electrons. The number of thioether (sulfide) groups is 1. The van der Waals surface area contributed by atoms with Gasteiger partial charge in [-0.15, -0.1) is 11.8 Å². The largest absolute Gasteiger partial charge is 0.310 e. The van der Waals surface area contributed by atoms with Crippen LogP contribution in [0.2, 0.25) is 5.02 Å². The lowest BCUT2D eigenvalue weighted by atomic mass is 9.84. The predicted molar refractivity (Wildman–Crippen MR) is 127 cm³/mol. The number of carbonyl (C=O) groups excluding carboxylic acids is 1. The van der Waals surface area contributed by atoms with Gasteiger partial charge >= 0.3 is 0 Å². The van der Waals surface area contributed by atoms with Crippen LogP contribution in [0.4, 0.5) is 5.82 Å². The van der Waals surface area contributed by atoms with Gasteiger partial charge in [0.05, 0.1) is 11.4 Å². The molecule has 1 aliphatic rings. The second kappa shape index (κ2) is 8.25. The van der Waals surface area contributed by atoms with E-state index in [0.717, 1.165) is 33.9 Å². The highest BCUT2D eigenvalue weighted by Crippen LogP contribution is 2.44. The van der Waals surface area contributed by atoms with Crippen molar-refractivity contribution < 1.29 is 4.79 Å². The minimum Gasteiger partial charge on any atom is -0.310 e. The molecule has 4 nitrogen and oxygen atoms in total. The standard InChI is InChI=1S/C25H20ClN3OS/c1-31-20-13-9-16(10-14-20)21-15-22(30)27-25-23(21)24(17-7-11-18(26)12-8-17)28-29(25)19-5-3-2-4-6-19/h2-14,21H,15H2,1H3,(H,27,30). The van der Waals surface area contributed by atoms with Gasteiger partial charge in [-0.2, -0.15) is 5.10 Å². The Morgan fingerprint density at radius 2 is 1.71 bits per heavy atom. The van der Waals surface area contributed by atoms with E-state index in [1.807, 2.05) is 59.3 Å². The SMILES string of the molecule is CSc1ccc(C2CC(=O)Nc3c2c(-c2ccc(Cl)cc2)nn3-c2ccccc2)cc1. The highest BCUT2D eigenvalue weighted by Gasteiger charge is 2.34. The number of anilines is 1. The van der Waals surface area contributed by atoms with Crippen molar-refractivity contribution >= 4 is 35.1 Å². The van der Waals surface area contributed by atoms with Crippen molar-refractivity contribution in [1.82, 2.24) is 9.78 Å². The molecule has 4 aromatic rings. The summed E-state index contributed by atoms with van der Waals surface area (Å²) >= 11 is 7.84. The lowest BCUT2D eigenvalue weighted by molar-refractivity contribution is -0.116. The van der Waals surface area contributed by atoms with Crippen LogP contribution in [0, 0.1) is 0 Å². The van der Waals surface area contributed by atoms with Gasteiger partial charge in [-0.3, -0.25) is 4.79 Å². The minimum atomic E-state index is -0.0807. The molecule has 0 bridgehead atoms. The fourth-order valence-corrected chi connectivity index (χ4v) is 4.58. The molecule has 6 heteroatoms. The summed E-state index contributed by atoms with van der Waals surface area (Å²) in [5.74, 6) is 0.639. The van der Waals surface area contributed by atoms with Crippen molar-refractivity contribution in [3.63, 3.8) is 0 Å². The Balaban J connectivity index is 1.74. The Hall–Kier alpha value is -3.02. The van der Waals surface area contributed by atoms with E-state index in [0.29, 0.717) is 11.4 Å². The summed E-state index contributed by atoms with van der Waals surface area (Å²) in [4.78, 5) is 13.9. The molecule has 1 atom stereocenters. The molecule has 154 valence electrons. The van der Waals surface area contributed by atoms with Gasteiger partial charge in [-0.25, -0.2) is 4.68 Å². The summed E-state index contributed by atoms with van der Waals surface area (Å²) in [5.41, 5.74) is 4.86. The summed E-state index contributed by atoms with van der Waals surface area (Å²) in [5, 5.41) is 8.72. The van der Waals surface area contributed by atoms with Gasteiger partial charge in [0.15, 0.2) is 0 Å². The summed E-state index contributed by atoms with van der Waals surface area (Å²) < 4.78 is 1.83. The van der Waals surface area contributed by atoms with Gasteiger partial charge in [0.2, 0.25) is 5.91 Å². The molecule has 0 aliphatic carbocycles. The molecular formula is C25H20ClN3OS. The van der Waals surface area contributed by atoms with E-state index < -0.39 is 0 Å². The van der Waals surface area contributed by atoms with E-state index in [2.05, 4.69) is 35.8 Å². The molecule has 1 amide bonds. The summed E-state index contributed by atoms with van der Waals surface area (Å²) in [6, 6.07) is 26.0. The third kappa shape index (κ3) is 3.75. The number of amides is 1. The maximum absolute atomic E-state index is 12.7. The molecule has 0 saturated heterocycles. The number of halogens is 1. The number of nitrogens with zero attached hydrogens (tertiary/aromatic N) is 2. The van der Waals surface area contributed by atoms with E-state index in [1.54, 1.807) is 11.8 Å².